The summed E-state index contributed by atoms with van der Waals surface area (Å²) in [6.45, 7) is 3.72. The summed E-state index contributed by atoms with van der Waals surface area (Å²) in [4.78, 5) is 8.35. The lowest BCUT2D eigenvalue weighted by atomic mass is 10.1. The van der Waals surface area contributed by atoms with Crippen LogP contribution in [-0.2, 0) is 6.54 Å². The minimum Gasteiger partial charge on any atom is -0.481 e. The lowest BCUT2D eigenvalue weighted by Gasteiger charge is -2.15. The number of thiophene rings is 1. The largest absolute Gasteiger partial charge is 0.481 e. The predicted molar refractivity (Wildman–Crippen MR) is 91.7 cm³/mol. The summed E-state index contributed by atoms with van der Waals surface area (Å²) < 4.78 is 5.12. The molecule has 2 rings (SSSR count). The van der Waals surface area contributed by atoms with Gasteiger partial charge in [0.2, 0.25) is 5.88 Å². The second-order valence-electron chi connectivity index (χ2n) is 4.97. The van der Waals surface area contributed by atoms with Gasteiger partial charge in [-0.15, -0.1) is 0 Å². The van der Waals surface area contributed by atoms with E-state index in [1.165, 1.54) is 5.56 Å². The molecule has 0 aliphatic carbocycles. The Labute approximate surface area is 135 Å². The Morgan fingerprint density at radius 2 is 2.27 bits per heavy atom. The molecule has 6 heteroatoms. The van der Waals surface area contributed by atoms with E-state index in [1.54, 1.807) is 31.7 Å². The topological polar surface area (TPSA) is 58.5 Å². The second kappa shape index (κ2) is 8.38. The van der Waals surface area contributed by atoms with E-state index in [-0.39, 0.29) is 0 Å². The minimum absolute atomic E-state index is 0.450. The molecule has 118 valence electrons. The number of aromatic nitrogens is 1. The summed E-state index contributed by atoms with van der Waals surface area (Å²) in [6, 6.07) is 6.03. The fourth-order valence-electron chi connectivity index (χ4n) is 2.00. The number of nitrogens with one attached hydrogen (secondary N) is 2. The first kappa shape index (κ1) is 16.3. The molecular formula is C16H22N4OS. The molecule has 1 atom stereocenters. The molecule has 0 radical (unpaired) electrons. The molecule has 22 heavy (non-hydrogen) atoms. The Kier molecular flexibility index (Phi) is 6.21. The average molecular weight is 318 g/mol. The van der Waals surface area contributed by atoms with Crippen LogP contribution < -0.4 is 15.4 Å². The van der Waals surface area contributed by atoms with Crippen LogP contribution in [0.2, 0.25) is 0 Å². The molecule has 2 N–H and O–H groups in total. The number of guanidine groups is 1. The summed E-state index contributed by atoms with van der Waals surface area (Å²) in [5.41, 5.74) is 2.45. The molecule has 0 aromatic carbocycles. The predicted octanol–water partition coefficient (Wildman–Crippen LogP) is 2.62. The van der Waals surface area contributed by atoms with Gasteiger partial charge in [0.25, 0.3) is 0 Å². The molecule has 0 saturated carbocycles. The number of aliphatic imine (C=N–C) groups is 1. The van der Waals surface area contributed by atoms with E-state index in [9.17, 15) is 0 Å². The Morgan fingerprint density at radius 1 is 1.41 bits per heavy atom. The number of ether oxygens (including phenoxy) is 1. The maximum Gasteiger partial charge on any atom is 0.213 e. The van der Waals surface area contributed by atoms with Crippen LogP contribution in [0.1, 0.15) is 24.0 Å². The highest BCUT2D eigenvalue weighted by Crippen LogP contribution is 2.17. The molecule has 0 saturated heterocycles. The SMILES string of the molecule is CN=C(NCc1ccnc(OC)c1)NCC(C)c1ccsc1. The molecule has 2 aromatic rings. The number of nitrogens with zero attached hydrogens (tertiary/aromatic N) is 2. The summed E-state index contributed by atoms with van der Waals surface area (Å²) in [5.74, 6) is 1.86. The fraction of sp³-hybridized carbons (Fsp3) is 0.375. The molecular weight excluding hydrogens is 296 g/mol. The smallest absolute Gasteiger partial charge is 0.213 e. The van der Waals surface area contributed by atoms with Crippen LogP contribution in [0.5, 0.6) is 5.88 Å². The first-order valence-electron chi connectivity index (χ1n) is 7.18. The minimum atomic E-state index is 0.450. The third-order valence-corrected chi connectivity index (χ3v) is 4.08. The van der Waals surface area contributed by atoms with E-state index in [1.807, 2.05) is 12.1 Å². The Bertz CT molecular complexity index is 598. The quantitative estimate of drug-likeness (QED) is 0.635. The molecule has 0 fully saturated rings. The van der Waals surface area contributed by atoms with E-state index in [0.717, 1.165) is 18.1 Å². The Balaban J connectivity index is 1.82. The van der Waals surface area contributed by atoms with Crippen molar-refractivity contribution < 1.29 is 4.74 Å². The molecule has 0 bridgehead atoms. The van der Waals surface area contributed by atoms with Gasteiger partial charge >= 0.3 is 0 Å². The standard InChI is InChI=1S/C16H22N4OS/c1-12(14-5-7-22-11-14)9-19-16(17-2)20-10-13-4-6-18-15(8-13)21-3/h4-8,11-12H,9-10H2,1-3H3,(H2,17,19,20). The van der Waals surface area contributed by atoms with E-state index < -0.39 is 0 Å². The number of hydrogen-bond acceptors (Lipinski definition) is 4. The molecule has 0 amide bonds. The second-order valence-corrected chi connectivity index (χ2v) is 5.75. The molecule has 2 aromatic heterocycles. The molecule has 2 heterocycles. The van der Waals surface area contributed by atoms with E-state index >= 15 is 0 Å². The van der Waals surface area contributed by atoms with Gasteiger partial charge in [-0.3, -0.25) is 4.99 Å². The van der Waals surface area contributed by atoms with Gasteiger partial charge in [0, 0.05) is 32.4 Å². The van der Waals surface area contributed by atoms with E-state index in [0.29, 0.717) is 18.3 Å². The normalized spacial score (nSPS) is 12.8. The van der Waals surface area contributed by atoms with Crippen molar-refractivity contribution in [1.82, 2.24) is 15.6 Å². The molecule has 0 aliphatic heterocycles. The maximum absolute atomic E-state index is 5.12. The van der Waals surface area contributed by atoms with E-state index in [2.05, 4.69) is 44.4 Å². The van der Waals surface area contributed by atoms with Crippen LogP contribution >= 0.6 is 11.3 Å². The highest BCUT2D eigenvalue weighted by molar-refractivity contribution is 7.07. The third-order valence-electron chi connectivity index (χ3n) is 3.38. The van der Waals surface area contributed by atoms with Crippen molar-refractivity contribution in [1.29, 1.82) is 0 Å². The number of rotatable bonds is 6. The molecule has 0 aliphatic rings. The van der Waals surface area contributed by atoms with Gasteiger partial charge < -0.3 is 15.4 Å². The van der Waals surface area contributed by atoms with Gasteiger partial charge in [-0.2, -0.15) is 11.3 Å². The molecule has 5 nitrogen and oxygen atoms in total. The lowest BCUT2D eigenvalue weighted by molar-refractivity contribution is 0.397. The maximum atomic E-state index is 5.12. The average Bonchev–Trinajstić information content (AvgIpc) is 3.09. The van der Waals surface area contributed by atoms with Crippen LogP contribution in [0.3, 0.4) is 0 Å². The van der Waals surface area contributed by atoms with Crippen LogP contribution in [0.25, 0.3) is 0 Å². The van der Waals surface area contributed by atoms with Crippen LogP contribution in [0.15, 0.2) is 40.1 Å². The third kappa shape index (κ3) is 4.73. The monoisotopic (exact) mass is 318 g/mol. The number of hydrogen-bond donors (Lipinski definition) is 2. The van der Waals surface area contributed by atoms with Crippen molar-refractivity contribution in [2.45, 2.75) is 19.4 Å². The van der Waals surface area contributed by atoms with Crippen LogP contribution in [-0.4, -0.2) is 31.6 Å². The lowest BCUT2D eigenvalue weighted by Crippen LogP contribution is -2.38. The van der Waals surface area contributed by atoms with Crippen molar-refractivity contribution >= 4 is 17.3 Å². The van der Waals surface area contributed by atoms with Crippen molar-refractivity contribution in [3.05, 3.63) is 46.3 Å². The van der Waals surface area contributed by atoms with Crippen molar-refractivity contribution in [3.8, 4) is 5.88 Å². The van der Waals surface area contributed by atoms with Crippen LogP contribution in [0, 0.1) is 0 Å². The van der Waals surface area contributed by atoms with Gasteiger partial charge in [0.15, 0.2) is 5.96 Å². The van der Waals surface area contributed by atoms with Gasteiger partial charge in [0.1, 0.15) is 0 Å². The highest BCUT2D eigenvalue weighted by Gasteiger charge is 2.07. The zero-order valence-corrected chi connectivity index (χ0v) is 14.0. The molecule has 0 spiro atoms. The van der Waals surface area contributed by atoms with Crippen molar-refractivity contribution in [2.24, 2.45) is 4.99 Å². The first-order valence-corrected chi connectivity index (χ1v) is 8.12. The van der Waals surface area contributed by atoms with Gasteiger partial charge in [-0.1, -0.05) is 6.92 Å². The Morgan fingerprint density at radius 3 is 2.95 bits per heavy atom. The van der Waals surface area contributed by atoms with Crippen molar-refractivity contribution in [3.63, 3.8) is 0 Å². The van der Waals surface area contributed by atoms with Crippen molar-refractivity contribution in [2.75, 3.05) is 20.7 Å². The van der Waals surface area contributed by atoms with Gasteiger partial charge in [0.05, 0.1) is 7.11 Å². The fourth-order valence-corrected chi connectivity index (χ4v) is 2.78. The summed E-state index contributed by atoms with van der Waals surface area (Å²) in [7, 11) is 3.39. The van der Waals surface area contributed by atoms with Crippen LogP contribution in [0.4, 0.5) is 0 Å². The summed E-state index contributed by atoms with van der Waals surface area (Å²) in [6.07, 6.45) is 1.74. The Hall–Kier alpha value is -2.08. The summed E-state index contributed by atoms with van der Waals surface area (Å²) >= 11 is 1.73. The zero-order valence-electron chi connectivity index (χ0n) is 13.2. The zero-order chi connectivity index (χ0) is 15.8. The van der Waals surface area contributed by atoms with Gasteiger partial charge in [-0.25, -0.2) is 4.98 Å². The van der Waals surface area contributed by atoms with E-state index in [4.69, 9.17) is 4.74 Å². The first-order chi connectivity index (χ1) is 10.7. The number of pyridine rings is 1. The highest BCUT2D eigenvalue weighted by atomic mass is 32.1. The van der Waals surface area contributed by atoms with Gasteiger partial charge in [-0.05, 0) is 39.9 Å². The molecule has 1 unspecified atom stereocenters. The number of methoxy groups -OCH3 is 1. The summed E-state index contributed by atoms with van der Waals surface area (Å²) in [5, 5.41) is 10.9.